The Bertz CT molecular complexity index is 853. The first-order valence-corrected chi connectivity index (χ1v) is 8.42. The van der Waals surface area contributed by atoms with Crippen LogP contribution in [-0.4, -0.2) is 29.2 Å². The second-order valence-corrected chi connectivity index (χ2v) is 6.15. The molecule has 0 aliphatic rings. The molecule has 0 bridgehead atoms. The largest absolute Gasteiger partial charge is 0.494 e. The zero-order chi connectivity index (χ0) is 20.0. The van der Waals surface area contributed by atoms with E-state index < -0.39 is 10.8 Å². The van der Waals surface area contributed by atoms with E-state index in [2.05, 4.69) is 10.6 Å². The molecule has 0 unspecified atom stereocenters. The summed E-state index contributed by atoms with van der Waals surface area (Å²) in [7, 11) is 1.38. The number of methoxy groups -OCH3 is 1. The van der Waals surface area contributed by atoms with Crippen molar-refractivity contribution >= 4 is 34.6 Å². The third-order valence-electron chi connectivity index (χ3n) is 3.36. The van der Waals surface area contributed by atoms with E-state index in [9.17, 15) is 14.9 Å². The van der Waals surface area contributed by atoms with Gasteiger partial charge in [-0.25, -0.2) is 0 Å². The molecular formula is C18H19N3O5S. The van der Waals surface area contributed by atoms with Gasteiger partial charge >= 0.3 is 0 Å². The molecule has 1 amide bonds. The molecule has 0 heterocycles. The van der Waals surface area contributed by atoms with Crippen LogP contribution in [0, 0.1) is 10.1 Å². The van der Waals surface area contributed by atoms with Crippen LogP contribution in [-0.2, 0) is 0 Å². The molecule has 0 saturated heterocycles. The number of thiocarbonyl (C=S) groups is 1. The summed E-state index contributed by atoms with van der Waals surface area (Å²) >= 11 is 5.13. The summed E-state index contributed by atoms with van der Waals surface area (Å²) in [5.41, 5.74) is 0.691. The second-order valence-electron chi connectivity index (χ2n) is 5.74. The van der Waals surface area contributed by atoms with Crippen LogP contribution in [0.15, 0.2) is 42.5 Å². The van der Waals surface area contributed by atoms with Gasteiger partial charge in [-0.2, -0.15) is 0 Å². The molecule has 0 spiro atoms. The van der Waals surface area contributed by atoms with E-state index >= 15 is 0 Å². The summed E-state index contributed by atoms with van der Waals surface area (Å²) in [6, 6.07) is 10.7. The molecule has 0 fully saturated rings. The first kappa shape index (κ1) is 20.1. The van der Waals surface area contributed by atoms with Gasteiger partial charge in [-0.3, -0.25) is 20.2 Å². The van der Waals surface area contributed by atoms with Crippen molar-refractivity contribution < 1.29 is 19.2 Å². The SMILES string of the molecule is COc1cc([N+](=O)[O-])ccc1NC(=S)NC(=O)c1ccc(OC(C)C)cc1. The van der Waals surface area contributed by atoms with Gasteiger partial charge in [-0.05, 0) is 56.4 Å². The van der Waals surface area contributed by atoms with E-state index in [1.165, 1.54) is 25.3 Å². The van der Waals surface area contributed by atoms with Gasteiger partial charge in [0.1, 0.15) is 11.5 Å². The minimum Gasteiger partial charge on any atom is -0.494 e. The third kappa shape index (κ3) is 5.65. The Morgan fingerprint density at radius 2 is 1.85 bits per heavy atom. The second kappa shape index (κ2) is 8.95. The highest BCUT2D eigenvalue weighted by Gasteiger charge is 2.14. The first-order chi connectivity index (χ1) is 12.8. The average Bonchev–Trinajstić information content (AvgIpc) is 2.61. The maximum absolute atomic E-state index is 12.3. The molecule has 0 aliphatic carbocycles. The molecule has 2 rings (SSSR count). The Morgan fingerprint density at radius 3 is 2.41 bits per heavy atom. The van der Waals surface area contributed by atoms with E-state index in [0.29, 0.717) is 17.0 Å². The molecule has 0 saturated carbocycles. The number of non-ortho nitro benzene ring substituents is 1. The number of carbonyl (C=O) groups is 1. The van der Waals surface area contributed by atoms with Crippen molar-refractivity contribution in [1.82, 2.24) is 5.32 Å². The van der Waals surface area contributed by atoms with Crippen LogP contribution in [0.5, 0.6) is 11.5 Å². The van der Waals surface area contributed by atoms with Crippen LogP contribution in [0.4, 0.5) is 11.4 Å². The Hall–Kier alpha value is -3.20. The fraction of sp³-hybridized carbons (Fsp3) is 0.222. The normalized spacial score (nSPS) is 10.2. The van der Waals surface area contributed by atoms with Crippen molar-refractivity contribution in [2.75, 3.05) is 12.4 Å². The number of hydrogen-bond acceptors (Lipinski definition) is 6. The highest BCUT2D eigenvalue weighted by molar-refractivity contribution is 7.80. The third-order valence-corrected chi connectivity index (χ3v) is 3.56. The number of nitro groups is 1. The summed E-state index contributed by atoms with van der Waals surface area (Å²) < 4.78 is 10.6. The molecule has 0 aliphatic heterocycles. The van der Waals surface area contributed by atoms with Gasteiger partial charge in [0.2, 0.25) is 0 Å². The molecule has 0 atom stereocenters. The molecule has 2 N–H and O–H groups in total. The van der Waals surface area contributed by atoms with Gasteiger partial charge in [-0.15, -0.1) is 0 Å². The highest BCUT2D eigenvalue weighted by atomic mass is 32.1. The Labute approximate surface area is 161 Å². The van der Waals surface area contributed by atoms with Crippen LogP contribution in [0.3, 0.4) is 0 Å². The summed E-state index contributed by atoms with van der Waals surface area (Å²) in [4.78, 5) is 22.6. The fourth-order valence-corrected chi connectivity index (χ4v) is 2.39. The molecule has 9 heteroatoms. The molecule has 0 radical (unpaired) electrons. The number of nitrogens with one attached hydrogen (secondary N) is 2. The lowest BCUT2D eigenvalue weighted by Crippen LogP contribution is -2.34. The van der Waals surface area contributed by atoms with Gasteiger partial charge in [0, 0.05) is 11.6 Å². The Balaban J connectivity index is 2.02. The lowest BCUT2D eigenvalue weighted by atomic mass is 10.2. The maximum Gasteiger partial charge on any atom is 0.273 e. The minimum atomic E-state index is -0.529. The van der Waals surface area contributed by atoms with Crippen LogP contribution in [0.2, 0.25) is 0 Å². The fourth-order valence-electron chi connectivity index (χ4n) is 2.18. The van der Waals surface area contributed by atoms with Crippen molar-refractivity contribution in [2.45, 2.75) is 20.0 Å². The summed E-state index contributed by atoms with van der Waals surface area (Å²) in [5.74, 6) is 0.498. The topological polar surface area (TPSA) is 103 Å². The average molecular weight is 389 g/mol. The predicted octanol–water partition coefficient (Wildman–Crippen LogP) is 3.52. The Morgan fingerprint density at radius 1 is 1.19 bits per heavy atom. The zero-order valence-electron chi connectivity index (χ0n) is 15.0. The number of benzene rings is 2. The molecular weight excluding hydrogens is 370 g/mol. The van der Waals surface area contributed by atoms with Crippen molar-refractivity contribution in [1.29, 1.82) is 0 Å². The lowest BCUT2D eigenvalue weighted by Gasteiger charge is -2.13. The zero-order valence-corrected chi connectivity index (χ0v) is 15.8. The minimum absolute atomic E-state index is 0.0367. The van der Waals surface area contributed by atoms with E-state index in [1.54, 1.807) is 24.3 Å². The highest BCUT2D eigenvalue weighted by Crippen LogP contribution is 2.28. The van der Waals surface area contributed by atoms with Gasteiger partial charge in [0.25, 0.3) is 11.6 Å². The lowest BCUT2D eigenvalue weighted by molar-refractivity contribution is -0.384. The van der Waals surface area contributed by atoms with Gasteiger partial charge in [0.15, 0.2) is 5.11 Å². The maximum atomic E-state index is 12.3. The van der Waals surface area contributed by atoms with Gasteiger partial charge in [-0.1, -0.05) is 0 Å². The van der Waals surface area contributed by atoms with Crippen molar-refractivity contribution in [3.63, 3.8) is 0 Å². The van der Waals surface area contributed by atoms with Crippen molar-refractivity contribution in [2.24, 2.45) is 0 Å². The van der Waals surface area contributed by atoms with E-state index in [1.807, 2.05) is 13.8 Å². The number of anilines is 1. The van der Waals surface area contributed by atoms with Crippen LogP contribution < -0.4 is 20.1 Å². The number of nitro benzene ring substituents is 1. The Kier molecular flexibility index (Phi) is 6.67. The van der Waals surface area contributed by atoms with Crippen molar-refractivity contribution in [3.05, 3.63) is 58.1 Å². The van der Waals surface area contributed by atoms with E-state index in [4.69, 9.17) is 21.7 Å². The standard InChI is InChI=1S/C18H19N3O5S/c1-11(2)26-14-7-4-12(5-8-14)17(22)20-18(27)19-15-9-6-13(21(23)24)10-16(15)25-3/h4-11H,1-3H3,(H2,19,20,22,27). The number of hydrogen-bond donors (Lipinski definition) is 2. The van der Waals surface area contributed by atoms with E-state index in [0.717, 1.165) is 0 Å². The predicted molar refractivity (Wildman–Crippen MR) is 106 cm³/mol. The first-order valence-electron chi connectivity index (χ1n) is 8.01. The molecule has 0 aromatic heterocycles. The van der Waals surface area contributed by atoms with Gasteiger partial charge < -0.3 is 14.8 Å². The van der Waals surface area contributed by atoms with E-state index in [-0.39, 0.29) is 22.7 Å². The summed E-state index contributed by atoms with van der Waals surface area (Å²) in [5, 5.41) is 16.2. The number of rotatable bonds is 6. The number of amides is 1. The quantitative estimate of drug-likeness (QED) is 0.443. The van der Waals surface area contributed by atoms with Crippen LogP contribution in [0.1, 0.15) is 24.2 Å². The molecule has 2 aromatic rings. The molecule has 142 valence electrons. The molecule has 27 heavy (non-hydrogen) atoms. The smallest absolute Gasteiger partial charge is 0.273 e. The summed E-state index contributed by atoms with van der Waals surface area (Å²) in [6.07, 6.45) is 0.0399. The van der Waals surface area contributed by atoms with Crippen LogP contribution >= 0.6 is 12.2 Å². The molecule has 2 aromatic carbocycles. The van der Waals surface area contributed by atoms with Gasteiger partial charge in [0.05, 0.1) is 29.9 Å². The number of nitrogens with zero attached hydrogens (tertiary/aromatic N) is 1. The number of carbonyl (C=O) groups excluding carboxylic acids is 1. The monoisotopic (exact) mass is 389 g/mol. The summed E-state index contributed by atoms with van der Waals surface area (Å²) in [6.45, 7) is 3.83. The van der Waals surface area contributed by atoms with Crippen molar-refractivity contribution in [3.8, 4) is 11.5 Å². The van der Waals surface area contributed by atoms with Crippen LogP contribution in [0.25, 0.3) is 0 Å². The number of ether oxygens (including phenoxy) is 2. The molecule has 8 nitrogen and oxygen atoms in total.